The molecule has 152 valence electrons. The molecule has 0 bridgehead atoms. The van der Waals surface area contributed by atoms with E-state index < -0.39 is 0 Å². The molecule has 3 rings (SSSR count). The van der Waals surface area contributed by atoms with Crippen molar-refractivity contribution in [1.29, 1.82) is 0 Å². The first-order valence-electron chi connectivity index (χ1n) is 10.2. The molecule has 0 aliphatic heterocycles. The molecule has 1 fully saturated rings. The summed E-state index contributed by atoms with van der Waals surface area (Å²) < 4.78 is 1.72. The smallest absolute Gasteiger partial charge is 0.262 e. The second kappa shape index (κ2) is 9.79. The maximum Gasteiger partial charge on any atom is 0.262 e. The van der Waals surface area contributed by atoms with Crippen molar-refractivity contribution in [3.63, 3.8) is 0 Å². The summed E-state index contributed by atoms with van der Waals surface area (Å²) in [6, 6.07) is 5.44. The first-order valence-corrected chi connectivity index (χ1v) is 11.4. The van der Waals surface area contributed by atoms with Gasteiger partial charge in [-0.2, -0.15) is 0 Å². The van der Waals surface area contributed by atoms with Crippen molar-refractivity contribution in [1.82, 2.24) is 14.9 Å². The fourth-order valence-corrected chi connectivity index (χ4v) is 4.69. The van der Waals surface area contributed by atoms with Crippen LogP contribution in [0.5, 0.6) is 0 Å². The van der Waals surface area contributed by atoms with Gasteiger partial charge in [-0.1, -0.05) is 56.0 Å². The van der Waals surface area contributed by atoms with Crippen LogP contribution in [-0.2, 0) is 11.3 Å². The number of unbranched alkanes of at least 4 members (excludes halogenated alkanes) is 2. The number of carbonyl (C=O) groups is 1. The first kappa shape index (κ1) is 21.2. The van der Waals surface area contributed by atoms with Crippen LogP contribution in [-0.4, -0.2) is 26.8 Å². The number of rotatable bonds is 8. The van der Waals surface area contributed by atoms with Crippen LogP contribution in [0.1, 0.15) is 58.8 Å². The topological polar surface area (TPSA) is 64.0 Å². The largest absolute Gasteiger partial charge is 0.352 e. The standard InChI is InChI=1S/C21H28ClN3O2S/c1-3-4-7-12-25-20(27)17-11-10-15(22)13-18(17)24-21(25)28-14(2)19(26)23-16-8-5-6-9-16/h10-11,13-14,16H,3-9,12H2,1-2H3,(H,23,26). The van der Waals surface area contributed by atoms with E-state index in [-0.39, 0.29) is 22.8 Å². The highest BCUT2D eigenvalue weighted by atomic mass is 35.5. The number of nitrogens with one attached hydrogen (secondary N) is 1. The number of aromatic nitrogens is 2. The van der Waals surface area contributed by atoms with Gasteiger partial charge < -0.3 is 5.32 Å². The van der Waals surface area contributed by atoms with E-state index in [9.17, 15) is 9.59 Å². The Morgan fingerprint density at radius 3 is 2.82 bits per heavy atom. The molecule has 1 heterocycles. The number of amides is 1. The molecule has 1 atom stereocenters. The third-order valence-corrected chi connectivity index (χ3v) is 6.55. The van der Waals surface area contributed by atoms with E-state index in [0.29, 0.717) is 27.6 Å². The molecular weight excluding hydrogens is 394 g/mol. The van der Waals surface area contributed by atoms with Gasteiger partial charge in [-0.05, 0) is 44.4 Å². The maximum absolute atomic E-state index is 13.1. The van der Waals surface area contributed by atoms with Crippen LogP contribution in [0.15, 0.2) is 28.2 Å². The molecule has 1 amide bonds. The Bertz CT molecular complexity index is 893. The molecule has 1 aliphatic carbocycles. The fraction of sp³-hybridized carbons (Fsp3) is 0.571. The minimum Gasteiger partial charge on any atom is -0.352 e. The molecular formula is C21H28ClN3O2S. The highest BCUT2D eigenvalue weighted by Crippen LogP contribution is 2.25. The summed E-state index contributed by atoms with van der Waals surface area (Å²) in [5, 5.41) is 4.52. The molecule has 5 nitrogen and oxygen atoms in total. The molecule has 1 aromatic heterocycles. The predicted molar refractivity (Wildman–Crippen MR) is 116 cm³/mol. The molecule has 1 aromatic carbocycles. The van der Waals surface area contributed by atoms with Gasteiger partial charge in [0.05, 0.1) is 16.2 Å². The lowest BCUT2D eigenvalue weighted by molar-refractivity contribution is -0.120. The summed E-state index contributed by atoms with van der Waals surface area (Å²) in [5.41, 5.74) is 0.513. The molecule has 1 saturated carbocycles. The number of halogens is 1. The normalized spacial score (nSPS) is 15.8. The molecule has 7 heteroatoms. The zero-order valence-corrected chi connectivity index (χ0v) is 18.1. The Hall–Kier alpha value is -1.53. The van der Waals surface area contributed by atoms with Gasteiger partial charge in [0.25, 0.3) is 5.56 Å². The van der Waals surface area contributed by atoms with Gasteiger partial charge in [-0.3, -0.25) is 14.2 Å². The summed E-state index contributed by atoms with van der Waals surface area (Å²) in [7, 11) is 0. The van der Waals surface area contributed by atoms with Gasteiger partial charge in [0, 0.05) is 17.6 Å². The zero-order chi connectivity index (χ0) is 20.1. The summed E-state index contributed by atoms with van der Waals surface area (Å²) >= 11 is 7.45. The molecule has 1 unspecified atom stereocenters. The van der Waals surface area contributed by atoms with E-state index in [1.165, 1.54) is 24.6 Å². The Balaban J connectivity index is 1.86. The van der Waals surface area contributed by atoms with E-state index in [2.05, 4.69) is 12.2 Å². The fourth-order valence-electron chi connectivity index (χ4n) is 3.58. The molecule has 1 aliphatic rings. The second-order valence-electron chi connectivity index (χ2n) is 7.47. The molecule has 0 saturated heterocycles. The van der Waals surface area contributed by atoms with Crippen LogP contribution in [0.3, 0.4) is 0 Å². The van der Waals surface area contributed by atoms with E-state index >= 15 is 0 Å². The summed E-state index contributed by atoms with van der Waals surface area (Å²) in [5.74, 6) is 0.0115. The number of nitrogens with zero attached hydrogens (tertiary/aromatic N) is 2. The lowest BCUT2D eigenvalue weighted by atomic mass is 10.2. The summed E-state index contributed by atoms with van der Waals surface area (Å²) in [6.07, 6.45) is 7.50. The highest BCUT2D eigenvalue weighted by molar-refractivity contribution is 8.00. The number of benzene rings is 1. The van der Waals surface area contributed by atoms with Crippen molar-refractivity contribution < 1.29 is 4.79 Å². The van der Waals surface area contributed by atoms with Gasteiger partial charge in [-0.25, -0.2) is 4.98 Å². The van der Waals surface area contributed by atoms with Crippen molar-refractivity contribution in [3.05, 3.63) is 33.6 Å². The number of fused-ring (bicyclic) bond motifs is 1. The van der Waals surface area contributed by atoms with Crippen molar-refractivity contribution in [2.45, 2.75) is 81.8 Å². The van der Waals surface area contributed by atoms with E-state index in [4.69, 9.17) is 16.6 Å². The number of hydrogen-bond donors (Lipinski definition) is 1. The first-order chi connectivity index (χ1) is 13.5. The summed E-state index contributed by atoms with van der Waals surface area (Å²) in [6.45, 7) is 4.62. The average Bonchev–Trinajstić information content (AvgIpc) is 3.17. The number of carbonyl (C=O) groups excluding carboxylic acids is 1. The van der Waals surface area contributed by atoms with E-state index in [1.54, 1.807) is 22.8 Å². The van der Waals surface area contributed by atoms with Gasteiger partial charge in [-0.15, -0.1) is 0 Å². The Labute approximate surface area is 175 Å². The third kappa shape index (κ3) is 5.09. The highest BCUT2D eigenvalue weighted by Gasteiger charge is 2.23. The molecule has 28 heavy (non-hydrogen) atoms. The van der Waals surface area contributed by atoms with Crippen LogP contribution in [0, 0.1) is 0 Å². The van der Waals surface area contributed by atoms with E-state index in [0.717, 1.165) is 32.1 Å². The van der Waals surface area contributed by atoms with Crippen molar-refractivity contribution in [2.24, 2.45) is 0 Å². The van der Waals surface area contributed by atoms with Crippen LogP contribution in [0.4, 0.5) is 0 Å². The second-order valence-corrected chi connectivity index (χ2v) is 9.21. The van der Waals surface area contributed by atoms with Crippen LogP contribution in [0.2, 0.25) is 5.02 Å². The van der Waals surface area contributed by atoms with Crippen LogP contribution >= 0.6 is 23.4 Å². The van der Waals surface area contributed by atoms with E-state index in [1.807, 2.05) is 6.92 Å². The van der Waals surface area contributed by atoms with Gasteiger partial charge >= 0.3 is 0 Å². The molecule has 0 radical (unpaired) electrons. The Morgan fingerprint density at radius 2 is 2.11 bits per heavy atom. The minimum absolute atomic E-state index is 0.0115. The molecule has 1 N–H and O–H groups in total. The number of thioether (sulfide) groups is 1. The van der Waals surface area contributed by atoms with Crippen molar-refractivity contribution >= 4 is 40.2 Å². The minimum atomic E-state index is -0.318. The van der Waals surface area contributed by atoms with Gasteiger partial charge in [0.2, 0.25) is 5.91 Å². The lowest BCUT2D eigenvalue weighted by Gasteiger charge is -2.18. The van der Waals surface area contributed by atoms with Gasteiger partial charge in [0.15, 0.2) is 5.16 Å². The zero-order valence-electron chi connectivity index (χ0n) is 16.5. The predicted octanol–water partition coefficient (Wildman–Crippen LogP) is 4.78. The lowest BCUT2D eigenvalue weighted by Crippen LogP contribution is -2.38. The maximum atomic E-state index is 13.1. The Kier molecular flexibility index (Phi) is 7.41. The van der Waals surface area contributed by atoms with Crippen LogP contribution < -0.4 is 10.9 Å². The number of hydrogen-bond acceptors (Lipinski definition) is 4. The quantitative estimate of drug-likeness (QED) is 0.378. The SMILES string of the molecule is CCCCCn1c(SC(C)C(=O)NC2CCCC2)nc2cc(Cl)ccc2c1=O. The monoisotopic (exact) mass is 421 g/mol. The van der Waals surface area contributed by atoms with Gasteiger partial charge in [0.1, 0.15) is 0 Å². The third-order valence-electron chi connectivity index (χ3n) is 5.22. The molecule has 0 spiro atoms. The summed E-state index contributed by atoms with van der Waals surface area (Å²) in [4.78, 5) is 30.4. The average molecular weight is 422 g/mol. The van der Waals surface area contributed by atoms with Crippen molar-refractivity contribution in [3.8, 4) is 0 Å². The Morgan fingerprint density at radius 1 is 1.36 bits per heavy atom. The van der Waals surface area contributed by atoms with Crippen LogP contribution in [0.25, 0.3) is 10.9 Å². The van der Waals surface area contributed by atoms with Crippen molar-refractivity contribution in [2.75, 3.05) is 0 Å². The molecule has 2 aromatic rings.